The number of aliphatic hydroxyl groups is 1. The quantitative estimate of drug-likeness (QED) is 0.639. The van der Waals surface area contributed by atoms with Gasteiger partial charge in [0.15, 0.2) is 0 Å². The van der Waals surface area contributed by atoms with E-state index in [1.165, 1.54) is 7.11 Å². The molecule has 0 aliphatic rings. The zero-order chi connectivity index (χ0) is 11.2. The van der Waals surface area contributed by atoms with E-state index in [4.69, 9.17) is 9.84 Å². The lowest BCUT2D eigenvalue weighted by Crippen LogP contribution is -2.41. The van der Waals surface area contributed by atoms with E-state index in [0.717, 1.165) is 6.54 Å². The van der Waals surface area contributed by atoms with Gasteiger partial charge in [0.25, 0.3) is 0 Å². The van der Waals surface area contributed by atoms with Crippen LogP contribution < -0.4 is 0 Å². The summed E-state index contributed by atoms with van der Waals surface area (Å²) in [5.74, 6) is -0.214. The molecule has 4 nitrogen and oxygen atoms in total. The smallest absolute Gasteiger partial charge is 0.312 e. The summed E-state index contributed by atoms with van der Waals surface area (Å²) in [5.41, 5.74) is -0.514. The Bertz CT molecular complexity index is 180. The number of carbonyl (C=O) groups excluding carboxylic acids is 1. The van der Waals surface area contributed by atoms with Crippen molar-refractivity contribution in [3.63, 3.8) is 0 Å². The molecule has 0 aliphatic heterocycles. The van der Waals surface area contributed by atoms with Gasteiger partial charge in [0, 0.05) is 13.1 Å². The van der Waals surface area contributed by atoms with E-state index in [2.05, 4.69) is 0 Å². The molecule has 4 heteroatoms. The Labute approximate surface area is 85.9 Å². The van der Waals surface area contributed by atoms with Crippen LogP contribution in [0, 0.1) is 5.41 Å². The number of hydrogen-bond donors (Lipinski definition) is 1. The standard InChI is InChI=1S/C10H21NO3/c1-5-11(6-7-12)8-10(2,3)9(13)14-4/h12H,5-8H2,1-4H3. The topological polar surface area (TPSA) is 49.8 Å². The van der Waals surface area contributed by atoms with E-state index >= 15 is 0 Å². The minimum absolute atomic E-state index is 0.116. The molecule has 0 aliphatic carbocycles. The molecule has 0 bridgehead atoms. The van der Waals surface area contributed by atoms with Crippen molar-refractivity contribution in [2.75, 3.05) is 33.4 Å². The number of ether oxygens (including phenoxy) is 1. The third-order valence-corrected chi connectivity index (χ3v) is 2.22. The summed E-state index contributed by atoms with van der Waals surface area (Å²) < 4.78 is 4.71. The highest BCUT2D eigenvalue weighted by atomic mass is 16.5. The van der Waals surface area contributed by atoms with E-state index in [1.54, 1.807) is 0 Å². The van der Waals surface area contributed by atoms with Gasteiger partial charge in [-0.3, -0.25) is 4.79 Å². The van der Waals surface area contributed by atoms with Crippen molar-refractivity contribution >= 4 is 5.97 Å². The SMILES string of the molecule is CCN(CCO)CC(C)(C)C(=O)OC. The van der Waals surface area contributed by atoms with E-state index in [9.17, 15) is 4.79 Å². The number of esters is 1. The summed E-state index contributed by atoms with van der Waals surface area (Å²) in [5, 5.41) is 8.80. The Morgan fingerprint density at radius 1 is 1.50 bits per heavy atom. The molecule has 0 saturated carbocycles. The van der Waals surface area contributed by atoms with Gasteiger partial charge < -0.3 is 14.7 Å². The lowest BCUT2D eigenvalue weighted by Gasteiger charge is -2.29. The van der Waals surface area contributed by atoms with E-state index in [-0.39, 0.29) is 12.6 Å². The van der Waals surface area contributed by atoms with Crippen LogP contribution >= 0.6 is 0 Å². The zero-order valence-electron chi connectivity index (χ0n) is 9.54. The molecule has 0 radical (unpaired) electrons. The summed E-state index contributed by atoms with van der Waals surface area (Å²) in [6, 6.07) is 0. The molecule has 0 heterocycles. The predicted octanol–water partition coefficient (Wildman–Crippen LogP) is 0.500. The Morgan fingerprint density at radius 2 is 2.07 bits per heavy atom. The maximum absolute atomic E-state index is 11.4. The molecule has 0 fully saturated rings. The predicted molar refractivity (Wildman–Crippen MR) is 55.0 cm³/mol. The summed E-state index contributed by atoms with van der Waals surface area (Å²) in [6.07, 6.45) is 0. The highest BCUT2D eigenvalue weighted by Gasteiger charge is 2.30. The highest BCUT2D eigenvalue weighted by molar-refractivity contribution is 5.76. The summed E-state index contributed by atoms with van der Waals surface area (Å²) in [7, 11) is 1.40. The summed E-state index contributed by atoms with van der Waals surface area (Å²) in [4.78, 5) is 13.4. The summed E-state index contributed by atoms with van der Waals surface area (Å²) >= 11 is 0. The molecule has 0 amide bonds. The molecule has 0 aromatic heterocycles. The fourth-order valence-corrected chi connectivity index (χ4v) is 1.39. The lowest BCUT2D eigenvalue weighted by molar-refractivity contribution is -0.151. The van der Waals surface area contributed by atoms with Crippen LogP contribution in [0.1, 0.15) is 20.8 Å². The molecule has 0 spiro atoms. The van der Waals surface area contributed by atoms with Crippen molar-refractivity contribution in [1.29, 1.82) is 0 Å². The minimum atomic E-state index is -0.514. The first-order valence-corrected chi connectivity index (χ1v) is 4.89. The minimum Gasteiger partial charge on any atom is -0.469 e. The van der Waals surface area contributed by atoms with Gasteiger partial charge in [0.2, 0.25) is 0 Å². The van der Waals surface area contributed by atoms with Crippen LogP contribution in [0.3, 0.4) is 0 Å². The number of aliphatic hydroxyl groups excluding tert-OH is 1. The number of likely N-dealkylation sites (N-methyl/N-ethyl adjacent to an activating group) is 1. The van der Waals surface area contributed by atoms with E-state index in [0.29, 0.717) is 13.1 Å². The molecule has 0 atom stereocenters. The van der Waals surface area contributed by atoms with Crippen LogP contribution in [-0.2, 0) is 9.53 Å². The van der Waals surface area contributed by atoms with Gasteiger partial charge in [-0.05, 0) is 20.4 Å². The molecular formula is C10H21NO3. The molecule has 0 unspecified atom stereocenters. The largest absolute Gasteiger partial charge is 0.469 e. The Hall–Kier alpha value is -0.610. The first kappa shape index (κ1) is 13.4. The summed E-state index contributed by atoms with van der Waals surface area (Å²) in [6.45, 7) is 7.83. The Morgan fingerprint density at radius 3 is 2.43 bits per heavy atom. The third-order valence-electron chi connectivity index (χ3n) is 2.22. The monoisotopic (exact) mass is 203 g/mol. The maximum atomic E-state index is 11.4. The van der Waals surface area contributed by atoms with E-state index in [1.807, 2.05) is 25.7 Å². The second-order valence-corrected chi connectivity index (χ2v) is 3.97. The van der Waals surface area contributed by atoms with Gasteiger partial charge in [-0.15, -0.1) is 0 Å². The zero-order valence-corrected chi connectivity index (χ0v) is 9.54. The number of hydrogen-bond acceptors (Lipinski definition) is 4. The van der Waals surface area contributed by atoms with Gasteiger partial charge in [-0.25, -0.2) is 0 Å². The lowest BCUT2D eigenvalue weighted by atomic mass is 9.93. The second kappa shape index (κ2) is 5.98. The maximum Gasteiger partial charge on any atom is 0.312 e. The molecular weight excluding hydrogens is 182 g/mol. The van der Waals surface area contributed by atoms with Crippen molar-refractivity contribution < 1.29 is 14.6 Å². The molecule has 0 aromatic rings. The second-order valence-electron chi connectivity index (χ2n) is 3.97. The number of methoxy groups -OCH3 is 1. The van der Waals surface area contributed by atoms with Crippen LogP contribution in [0.2, 0.25) is 0 Å². The van der Waals surface area contributed by atoms with Crippen LogP contribution in [-0.4, -0.2) is 49.3 Å². The average Bonchev–Trinajstić information content (AvgIpc) is 2.15. The molecule has 0 saturated heterocycles. The van der Waals surface area contributed by atoms with Crippen LogP contribution in [0.25, 0.3) is 0 Å². The highest BCUT2D eigenvalue weighted by Crippen LogP contribution is 2.18. The molecule has 1 N–H and O–H groups in total. The molecule has 84 valence electrons. The van der Waals surface area contributed by atoms with Crippen LogP contribution in [0.5, 0.6) is 0 Å². The normalized spacial score (nSPS) is 11.9. The number of carbonyl (C=O) groups is 1. The van der Waals surface area contributed by atoms with Crippen molar-refractivity contribution in [2.45, 2.75) is 20.8 Å². The van der Waals surface area contributed by atoms with Gasteiger partial charge in [-0.2, -0.15) is 0 Å². The fraction of sp³-hybridized carbons (Fsp3) is 0.900. The fourth-order valence-electron chi connectivity index (χ4n) is 1.39. The molecule has 0 aromatic carbocycles. The van der Waals surface area contributed by atoms with Crippen molar-refractivity contribution in [3.05, 3.63) is 0 Å². The van der Waals surface area contributed by atoms with Crippen molar-refractivity contribution in [1.82, 2.24) is 4.90 Å². The molecule has 0 rings (SSSR count). The van der Waals surface area contributed by atoms with Crippen molar-refractivity contribution in [3.8, 4) is 0 Å². The van der Waals surface area contributed by atoms with Gasteiger partial charge in [0.05, 0.1) is 19.1 Å². The van der Waals surface area contributed by atoms with Crippen LogP contribution in [0.15, 0.2) is 0 Å². The van der Waals surface area contributed by atoms with Gasteiger partial charge >= 0.3 is 5.97 Å². The average molecular weight is 203 g/mol. The molecule has 14 heavy (non-hydrogen) atoms. The Balaban J connectivity index is 4.23. The van der Waals surface area contributed by atoms with Crippen molar-refractivity contribution in [2.24, 2.45) is 5.41 Å². The van der Waals surface area contributed by atoms with Gasteiger partial charge in [-0.1, -0.05) is 6.92 Å². The van der Waals surface area contributed by atoms with Crippen LogP contribution in [0.4, 0.5) is 0 Å². The Kier molecular flexibility index (Phi) is 5.72. The third kappa shape index (κ3) is 4.07. The van der Waals surface area contributed by atoms with Gasteiger partial charge in [0.1, 0.15) is 0 Å². The van der Waals surface area contributed by atoms with E-state index < -0.39 is 5.41 Å². The number of rotatable bonds is 6. The number of nitrogens with zero attached hydrogens (tertiary/aromatic N) is 1. The first-order valence-electron chi connectivity index (χ1n) is 4.89. The first-order chi connectivity index (χ1) is 6.47.